The van der Waals surface area contributed by atoms with Gasteiger partial charge in [-0.3, -0.25) is 4.79 Å². The lowest BCUT2D eigenvalue weighted by Crippen LogP contribution is -2.57. The second-order valence-electron chi connectivity index (χ2n) is 13.9. The number of carbonyl (C=O) groups excluding carboxylic acids is 3. The van der Waals surface area contributed by atoms with Gasteiger partial charge in [0.1, 0.15) is 30.0 Å². The summed E-state index contributed by atoms with van der Waals surface area (Å²) in [6.45, 7) is 11.6. The quantitative estimate of drug-likeness (QED) is 0.358. The topological polar surface area (TPSA) is 129 Å². The number of allylic oxidation sites excluding steroid dienone is 1. The SMILES string of the molecule is C=Cc1nc2c(nc1/C=C(\C)OC)O[C@H]1CN(C(=O)[C@H](C(C)(C)C)NC(=O)O[C@@H]3C[C@H]3CCCCC2)[C@H](C(=O)OC)[C@@H]1C1CC1. The molecule has 0 spiro atoms. The summed E-state index contributed by atoms with van der Waals surface area (Å²) in [7, 11) is 2.93. The molecule has 4 aliphatic rings. The van der Waals surface area contributed by atoms with E-state index in [9.17, 15) is 14.4 Å². The number of esters is 1. The van der Waals surface area contributed by atoms with Gasteiger partial charge in [-0.2, -0.15) is 0 Å². The van der Waals surface area contributed by atoms with Crippen LogP contribution in [0.5, 0.6) is 5.88 Å². The molecule has 0 unspecified atom stereocenters. The number of alkyl carbamates (subject to hydrolysis) is 1. The summed E-state index contributed by atoms with van der Waals surface area (Å²) in [5.41, 5.74) is 1.26. The summed E-state index contributed by atoms with van der Waals surface area (Å²) in [5.74, 6) is 0.376. The Morgan fingerprint density at radius 1 is 1.00 bits per heavy atom. The van der Waals surface area contributed by atoms with Crippen molar-refractivity contribution in [1.29, 1.82) is 0 Å². The van der Waals surface area contributed by atoms with Gasteiger partial charge in [0.15, 0.2) is 0 Å². The van der Waals surface area contributed by atoms with Crippen molar-refractivity contribution in [3.63, 3.8) is 0 Å². The number of carbonyl (C=O) groups is 3. The number of aryl methyl sites for hydroxylation is 1. The van der Waals surface area contributed by atoms with Gasteiger partial charge in [-0.15, -0.1) is 0 Å². The standard InChI is InChI=1S/C34H48N4O7/c1-8-22-24(16-19(2)42-6)36-30-23(35-22)13-11-9-10-12-21-17-25(21)45-33(41)37-29(34(3,4)5)31(39)38-18-26(44-30)27(20-14-15-20)28(38)32(40)43-7/h8,16,20-21,25-29H,1,9-15,17-18H2,2-7H3,(H,37,41)/b19-16+/t21-,25-,26+,27-,28+,29-/m1/s1. The van der Waals surface area contributed by atoms with Gasteiger partial charge in [0.05, 0.1) is 37.9 Å². The van der Waals surface area contributed by atoms with Crippen LogP contribution in [-0.4, -0.2) is 77.9 Å². The highest BCUT2D eigenvalue weighted by molar-refractivity contribution is 5.91. The average Bonchev–Trinajstić information content (AvgIpc) is 3.93. The van der Waals surface area contributed by atoms with Gasteiger partial charge in [0.2, 0.25) is 11.8 Å². The monoisotopic (exact) mass is 624 g/mol. The number of aromatic nitrogens is 2. The molecule has 5 rings (SSSR count). The predicted molar refractivity (Wildman–Crippen MR) is 168 cm³/mol. The summed E-state index contributed by atoms with van der Waals surface area (Å²) in [6.07, 6.45) is 9.34. The second-order valence-corrected chi connectivity index (χ2v) is 13.9. The zero-order chi connectivity index (χ0) is 32.5. The van der Waals surface area contributed by atoms with Gasteiger partial charge < -0.3 is 29.2 Å². The van der Waals surface area contributed by atoms with Crippen LogP contribution in [0.1, 0.15) is 89.7 Å². The molecule has 1 aromatic rings. The van der Waals surface area contributed by atoms with Crippen molar-refractivity contribution >= 4 is 30.1 Å². The molecule has 2 aliphatic heterocycles. The number of methoxy groups -OCH3 is 2. The van der Waals surface area contributed by atoms with Crippen LogP contribution in [0, 0.1) is 23.2 Å². The minimum Gasteiger partial charge on any atom is -0.501 e. The smallest absolute Gasteiger partial charge is 0.408 e. The van der Waals surface area contributed by atoms with Crippen LogP contribution in [0.15, 0.2) is 12.3 Å². The van der Waals surface area contributed by atoms with E-state index in [2.05, 4.69) is 11.9 Å². The Bertz CT molecular complexity index is 1330. The number of hydrogen-bond donors (Lipinski definition) is 1. The molecule has 1 aromatic heterocycles. The molecule has 45 heavy (non-hydrogen) atoms. The summed E-state index contributed by atoms with van der Waals surface area (Å²) in [6, 6.07) is -1.79. The summed E-state index contributed by atoms with van der Waals surface area (Å²) in [4.78, 5) is 52.2. The molecule has 1 saturated heterocycles. The molecule has 246 valence electrons. The number of fused-ring (bicyclic) bond motifs is 4. The van der Waals surface area contributed by atoms with Gasteiger partial charge in [0, 0.05) is 12.0 Å². The number of hydrogen-bond acceptors (Lipinski definition) is 9. The third-order valence-electron chi connectivity index (χ3n) is 9.48. The van der Waals surface area contributed by atoms with Crippen molar-refractivity contribution in [3.05, 3.63) is 29.4 Å². The van der Waals surface area contributed by atoms with Gasteiger partial charge in [-0.25, -0.2) is 19.6 Å². The molecular formula is C34H48N4O7. The number of amides is 2. The first-order valence-corrected chi connectivity index (χ1v) is 16.2. The van der Waals surface area contributed by atoms with E-state index < -0.39 is 35.7 Å². The van der Waals surface area contributed by atoms with E-state index in [-0.39, 0.29) is 30.4 Å². The Hall–Kier alpha value is -3.63. The Balaban J connectivity index is 1.57. The molecule has 1 N–H and O–H groups in total. The van der Waals surface area contributed by atoms with Gasteiger partial charge in [-0.05, 0) is 68.8 Å². The molecular weight excluding hydrogens is 576 g/mol. The van der Waals surface area contributed by atoms with Gasteiger partial charge in [0.25, 0.3) is 0 Å². The van der Waals surface area contributed by atoms with E-state index in [1.807, 2.05) is 27.7 Å². The molecule has 0 aromatic carbocycles. The maximum atomic E-state index is 14.4. The summed E-state index contributed by atoms with van der Waals surface area (Å²) >= 11 is 0. The lowest BCUT2D eigenvalue weighted by Gasteiger charge is -2.35. The van der Waals surface area contributed by atoms with Crippen molar-refractivity contribution in [2.24, 2.45) is 23.2 Å². The van der Waals surface area contributed by atoms with Crippen LogP contribution >= 0.6 is 0 Å². The number of rotatable bonds is 5. The van der Waals surface area contributed by atoms with Crippen LogP contribution in [0.4, 0.5) is 4.79 Å². The maximum Gasteiger partial charge on any atom is 0.408 e. The lowest BCUT2D eigenvalue weighted by atomic mass is 9.85. The Morgan fingerprint density at radius 3 is 2.40 bits per heavy atom. The van der Waals surface area contributed by atoms with E-state index in [4.69, 9.17) is 28.9 Å². The predicted octanol–water partition coefficient (Wildman–Crippen LogP) is 4.93. The largest absolute Gasteiger partial charge is 0.501 e. The van der Waals surface area contributed by atoms with Crippen molar-refractivity contribution in [2.75, 3.05) is 20.8 Å². The normalized spacial score (nSPS) is 29.6. The molecule has 2 amide bonds. The van der Waals surface area contributed by atoms with E-state index >= 15 is 0 Å². The summed E-state index contributed by atoms with van der Waals surface area (Å²) in [5, 5.41) is 2.85. The molecule has 11 heteroatoms. The van der Waals surface area contributed by atoms with E-state index in [1.54, 1.807) is 24.2 Å². The highest BCUT2D eigenvalue weighted by atomic mass is 16.6. The zero-order valence-electron chi connectivity index (χ0n) is 27.5. The fourth-order valence-corrected chi connectivity index (χ4v) is 6.67. The average molecular weight is 625 g/mol. The Morgan fingerprint density at radius 2 is 1.76 bits per heavy atom. The number of nitrogens with one attached hydrogen (secondary N) is 1. The van der Waals surface area contributed by atoms with Crippen LogP contribution in [0.3, 0.4) is 0 Å². The molecule has 2 saturated carbocycles. The zero-order valence-corrected chi connectivity index (χ0v) is 27.5. The molecule has 11 nitrogen and oxygen atoms in total. The first-order chi connectivity index (χ1) is 21.4. The van der Waals surface area contributed by atoms with Crippen molar-refractivity contribution in [1.82, 2.24) is 20.2 Å². The van der Waals surface area contributed by atoms with Crippen LogP contribution < -0.4 is 10.1 Å². The maximum absolute atomic E-state index is 14.4. The van der Waals surface area contributed by atoms with E-state index in [0.29, 0.717) is 35.4 Å². The fraction of sp³-hybridized carbons (Fsp3) is 0.676. The van der Waals surface area contributed by atoms with Gasteiger partial charge >= 0.3 is 12.1 Å². The van der Waals surface area contributed by atoms with E-state index in [0.717, 1.165) is 50.6 Å². The molecule has 2 aliphatic carbocycles. The van der Waals surface area contributed by atoms with E-state index in [1.165, 1.54) is 7.11 Å². The van der Waals surface area contributed by atoms with Crippen LogP contribution in [0.2, 0.25) is 0 Å². The van der Waals surface area contributed by atoms with Gasteiger partial charge in [-0.1, -0.05) is 40.2 Å². The fourth-order valence-electron chi connectivity index (χ4n) is 6.67. The first-order valence-electron chi connectivity index (χ1n) is 16.2. The Kier molecular flexibility index (Phi) is 9.74. The first kappa shape index (κ1) is 32.8. The molecule has 2 bridgehead atoms. The minimum atomic E-state index is -0.928. The second kappa shape index (κ2) is 13.4. The van der Waals surface area contributed by atoms with Crippen molar-refractivity contribution < 1.29 is 33.3 Å². The van der Waals surface area contributed by atoms with Crippen molar-refractivity contribution in [3.8, 4) is 5.88 Å². The highest BCUT2D eigenvalue weighted by Gasteiger charge is 2.57. The third kappa shape index (κ3) is 7.44. The third-order valence-corrected chi connectivity index (χ3v) is 9.48. The minimum absolute atomic E-state index is 0.139. The molecule has 3 heterocycles. The van der Waals surface area contributed by atoms with Crippen LogP contribution in [0.25, 0.3) is 12.2 Å². The van der Waals surface area contributed by atoms with Crippen LogP contribution in [-0.2, 0) is 30.2 Å². The highest BCUT2D eigenvalue weighted by Crippen LogP contribution is 2.47. The lowest BCUT2D eigenvalue weighted by molar-refractivity contribution is -0.154. The Labute approximate surface area is 266 Å². The summed E-state index contributed by atoms with van der Waals surface area (Å²) < 4.78 is 23.1. The number of nitrogens with zero attached hydrogens (tertiary/aromatic N) is 3. The molecule has 6 atom stereocenters. The van der Waals surface area contributed by atoms with Crippen molar-refractivity contribution in [2.45, 2.75) is 103 Å². The number of ether oxygens (including phenoxy) is 4. The molecule has 3 fully saturated rings. The molecule has 0 radical (unpaired) electrons.